The molecule has 162 valence electrons. The highest BCUT2D eigenvalue weighted by molar-refractivity contribution is 6.33. The molecule has 3 atom stereocenters. The maximum atomic E-state index is 6.82. The van der Waals surface area contributed by atoms with Crippen molar-refractivity contribution in [3.8, 4) is 22.3 Å². The predicted octanol–water partition coefficient (Wildman–Crippen LogP) is 9.77. The van der Waals surface area contributed by atoms with Gasteiger partial charge in [0.2, 0.25) is 0 Å². The molecule has 1 aliphatic rings. The van der Waals surface area contributed by atoms with Gasteiger partial charge in [-0.05, 0) is 52.5 Å². The average Bonchev–Trinajstić information content (AvgIpc) is 2.83. The van der Waals surface area contributed by atoms with Gasteiger partial charge in [-0.3, -0.25) is 0 Å². The monoisotopic (exact) mass is 430 g/mol. The van der Waals surface area contributed by atoms with Crippen LogP contribution in [0, 0.1) is 11.8 Å². The molecule has 0 N–H and O–H groups in total. The highest BCUT2D eigenvalue weighted by atomic mass is 35.5. The molecule has 0 nitrogen and oxygen atoms in total. The fourth-order valence-corrected chi connectivity index (χ4v) is 5.79. The first kappa shape index (κ1) is 22.2. The summed E-state index contributed by atoms with van der Waals surface area (Å²) < 4.78 is 0. The van der Waals surface area contributed by atoms with E-state index < -0.39 is 0 Å². The maximum Gasteiger partial charge on any atom is 0.0487 e. The second-order valence-corrected chi connectivity index (χ2v) is 9.73. The van der Waals surface area contributed by atoms with E-state index in [1.807, 2.05) is 0 Å². The van der Waals surface area contributed by atoms with Gasteiger partial charge in [-0.1, -0.05) is 131 Å². The third-order valence-corrected chi connectivity index (χ3v) is 7.67. The van der Waals surface area contributed by atoms with Gasteiger partial charge in [0.1, 0.15) is 0 Å². The summed E-state index contributed by atoms with van der Waals surface area (Å²) in [6.45, 7) is 4.74. The molecule has 0 aliphatic heterocycles. The van der Waals surface area contributed by atoms with Crippen molar-refractivity contribution in [2.45, 2.75) is 64.7 Å². The van der Waals surface area contributed by atoms with Gasteiger partial charge in [0, 0.05) is 10.6 Å². The Morgan fingerprint density at radius 2 is 1.52 bits per heavy atom. The molecule has 3 unspecified atom stereocenters. The van der Waals surface area contributed by atoms with Crippen molar-refractivity contribution in [1.29, 1.82) is 0 Å². The van der Waals surface area contributed by atoms with Gasteiger partial charge < -0.3 is 0 Å². The van der Waals surface area contributed by atoms with Gasteiger partial charge in [0.15, 0.2) is 0 Å². The van der Waals surface area contributed by atoms with Crippen LogP contribution in [0.5, 0.6) is 0 Å². The first-order valence-electron chi connectivity index (χ1n) is 12.1. The molecule has 1 saturated carbocycles. The Kier molecular flexibility index (Phi) is 7.51. The van der Waals surface area contributed by atoms with Crippen molar-refractivity contribution in [2.75, 3.05) is 0 Å². The van der Waals surface area contributed by atoms with Gasteiger partial charge in [-0.15, -0.1) is 0 Å². The lowest BCUT2D eigenvalue weighted by molar-refractivity contribution is 0.192. The normalized spacial score (nSPS) is 19.8. The van der Waals surface area contributed by atoms with E-state index in [2.05, 4.69) is 86.6 Å². The third-order valence-electron chi connectivity index (χ3n) is 7.36. The Labute approximate surface area is 193 Å². The molecule has 1 aliphatic carbocycles. The van der Waals surface area contributed by atoms with Crippen molar-refractivity contribution in [2.24, 2.45) is 11.8 Å². The molecule has 0 amide bonds. The molecule has 4 rings (SSSR count). The summed E-state index contributed by atoms with van der Waals surface area (Å²) in [5.41, 5.74) is 6.20. The van der Waals surface area contributed by atoms with E-state index in [-0.39, 0.29) is 0 Å². The number of unbranched alkanes of at least 4 members (excludes halogenated alkanes) is 1. The molecule has 1 fully saturated rings. The molecule has 0 heterocycles. The molecule has 1 heteroatoms. The van der Waals surface area contributed by atoms with Crippen LogP contribution in [0.1, 0.15) is 70.3 Å². The summed E-state index contributed by atoms with van der Waals surface area (Å²) in [4.78, 5) is 0. The second kappa shape index (κ2) is 10.5. The Morgan fingerprint density at radius 1 is 0.839 bits per heavy atom. The van der Waals surface area contributed by atoms with E-state index in [4.69, 9.17) is 11.6 Å². The van der Waals surface area contributed by atoms with Crippen LogP contribution in [0.3, 0.4) is 0 Å². The van der Waals surface area contributed by atoms with E-state index in [1.165, 1.54) is 67.2 Å². The van der Waals surface area contributed by atoms with Crippen molar-refractivity contribution in [3.63, 3.8) is 0 Å². The van der Waals surface area contributed by atoms with Gasteiger partial charge >= 0.3 is 0 Å². The largest absolute Gasteiger partial charge is 0.0837 e. The number of hydrogen-bond acceptors (Lipinski definition) is 0. The fraction of sp³-hybridized carbons (Fsp3) is 0.400. The number of rotatable bonds is 7. The van der Waals surface area contributed by atoms with Gasteiger partial charge in [0.25, 0.3) is 0 Å². The van der Waals surface area contributed by atoms with Crippen LogP contribution in [0.25, 0.3) is 22.3 Å². The number of halogens is 1. The fourth-order valence-electron chi connectivity index (χ4n) is 5.49. The Balaban J connectivity index is 1.52. The summed E-state index contributed by atoms with van der Waals surface area (Å²) in [7, 11) is 0. The molecule has 0 saturated heterocycles. The van der Waals surface area contributed by atoms with E-state index in [1.54, 1.807) is 0 Å². The zero-order valence-corrected chi connectivity index (χ0v) is 19.7. The van der Waals surface area contributed by atoms with E-state index in [0.29, 0.717) is 5.92 Å². The van der Waals surface area contributed by atoms with Crippen LogP contribution in [-0.4, -0.2) is 0 Å². The SMILES string of the molecule is CCCCC1CCCCC1C(C)c1ccc(-c2ccc(-c3ccccc3)cc2)c(Cl)c1. The molecule has 0 aromatic heterocycles. The molecule has 0 spiro atoms. The van der Waals surface area contributed by atoms with E-state index in [0.717, 1.165) is 22.4 Å². The van der Waals surface area contributed by atoms with Gasteiger partial charge in [-0.2, -0.15) is 0 Å². The van der Waals surface area contributed by atoms with Crippen LogP contribution in [0.2, 0.25) is 5.02 Å². The minimum absolute atomic E-state index is 0.578. The van der Waals surface area contributed by atoms with Crippen molar-refractivity contribution >= 4 is 11.6 Å². The Morgan fingerprint density at radius 3 is 2.23 bits per heavy atom. The lowest BCUT2D eigenvalue weighted by Crippen LogP contribution is -2.24. The molecule has 0 radical (unpaired) electrons. The van der Waals surface area contributed by atoms with Crippen molar-refractivity contribution < 1.29 is 0 Å². The highest BCUT2D eigenvalue weighted by Crippen LogP contribution is 2.43. The molecule has 31 heavy (non-hydrogen) atoms. The molecule has 3 aromatic rings. The first-order chi connectivity index (χ1) is 15.2. The summed E-state index contributed by atoms with van der Waals surface area (Å²) >= 11 is 6.82. The summed E-state index contributed by atoms with van der Waals surface area (Å²) in [6, 6.07) is 26.1. The van der Waals surface area contributed by atoms with Crippen LogP contribution in [-0.2, 0) is 0 Å². The van der Waals surface area contributed by atoms with E-state index in [9.17, 15) is 0 Å². The first-order valence-corrected chi connectivity index (χ1v) is 12.5. The average molecular weight is 431 g/mol. The maximum absolute atomic E-state index is 6.82. The number of benzene rings is 3. The summed E-state index contributed by atoms with van der Waals surface area (Å²) in [6.07, 6.45) is 9.65. The van der Waals surface area contributed by atoms with Crippen molar-refractivity contribution in [1.82, 2.24) is 0 Å². The molecule has 3 aromatic carbocycles. The lowest BCUT2D eigenvalue weighted by atomic mass is 9.69. The minimum Gasteiger partial charge on any atom is -0.0837 e. The molecular formula is C30H35Cl. The zero-order valence-electron chi connectivity index (χ0n) is 19.0. The topological polar surface area (TPSA) is 0 Å². The number of hydrogen-bond donors (Lipinski definition) is 0. The van der Waals surface area contributed by atoms with Gasteiger partial charge in [-0.25, -0.2) is 0 Å². The smallest absolute Gasteiger partial charge is 0.0487 e. The van der Waals surface area contributed by atoms with Crippen LogP contribution < -0.4 is 0 Å². The minimum atomic E-state index is 0.578. The predicted molar refractivity (Wildman–Crippen MR) is 136 cm³/mol. The summed E-state index contributed by atoms with van der Waals surface area (Å²) in [5.74, 6) is 2.26. The zero-order chi connectivity index (χ0) is 21.6. The quantitative estimate of drug-likeness (QED) is 0.349. The second-order valence-electron chi connectivity index (χ2n) is 9.32. The molecule has 0 bridgehead atoms. The van der Waals surface area contributed by atoms with Crippen LogP contribution in [0.15, 0.2) is 72.8 Å². The third kappa shape index (κ3) is 5.24. The Bertz CT molecular complexity index is 957. The standard InChI is InChI=1S/C30H35Cl/c1-3-4-10-25-13-8-9-14-28(25)22(2)27-19-20-29(30(31)21-27)26-17-15-24(16-18-26)23-11-6-5-7-12-23/h5-7,11-12,15-22,25,28H,3-4,8-10,13-14H2,1-2H3. The van der Waals surface area contributed by atoms with Crippen LogP contribution >= 0.6 is 11.6 Å². The highest BCUT2D eigenvalue weighted by Gasteiger charge is 2.30. The van der Waals surface area contributed by atoms with Crippen molar-refractivity contribution in [3.05, 3.63) is 83.4 Å². The van der Waals surface area contributed by atoms with Crippen LogP contribution in [0.4, 0.5) is 0 Å². The lowest BCUT2D eigenvalue weighted by Gasteiger charge is -2.36. The van der Waals surface area contributed by atoms with Gasteiger partial charge in [0.05, 0.1) is 0 Å². The summed E-state index contributed by atoms with van der Waals surface area (Å²) in [5, 5.41) is 0.873. The molecular weight excluding hydrogens is 396 g/mol. The van der Waals surface area contributed by atoms with E-state index >= 15 is 0 Å². The Hall–Kier alpha value is -2.05.